The maximum atomic E-state index is 13.9. The fraction of sp³-hybridized carbons (Fsp3) is 0.471. The number of carbonyl (C=O) groups is 1. The van der Waals surface area contributed by atoms with Gasteiger partial charge in [-0.25, -0.2) is 4.39 Å². The van der Waals surface area contributed by atoms with Gasteiger partial charge in [0.2, 0.25) is 5.91 Å². The first-order chi connectivity index (χ1) is 11.7. The van der Waals surface area contributed by atoms with Crippen molar-refractivity contribution in [1.29, 1.82) is 0 Å². The fourth-order valence-corrected chi connectivity index (χ4v) is 3.88. The summed E-state index contributed by atoms with van der Waals surface area (Å²) < 4.78 is 15.5. The van der Waals surface area contributed by atoms with Crippen LogP contribution in [0.4, 0.5) is 4.39 Å². The molecule has 0 atom stereocenters. The molecule has 0 unspecified atom stereocenters. The van der Waals surface area contributed by atoms with Gasteiger partial charge in [-0.15, -0.1) is 10.2 Å². The molecule has 5 nitrogen and oxygen atoms in total. The maximum absolute atomic E-state index is 13.9. The van der Waals surface area contributed by atoms with Gasteiger partial charge in [-0.1, -0.05) is 43.2 Å². The molecule has 0 aliphatic heterocycles. The Bertz CT molecular complexity index is 699. The zero-order valence-corrected chi connectivity index (χ0v) is 14.5. The summed E-state index contributed by atoms with van der Waals surface area (Å²) in [7, 11) is 1.88. The molecule has 0 N–H and O–H groups in total. The molecule has 1 aliphatic rings. The van der Waals surface area contributed by atoms with Crippen LogP contribution in [0.25, 0.3) is 5.69 Å². The van der Waals surface area contributed by atoms with Crippen molar-refractivity contribution in [3.63, 3.8) is 0 Å². The average molecular weight is 348 g/mol. The molecular weight excluding hydrogens is 327 g/mol. The first kappa shape index (κ1) is 17.0. The molecule has 0 radical (unpaired) electrons. The predicted octanol–water partition coefficient (Wildman–Crippen LogP) is 3.29. The SMILES string of the molecule is CN(C(=O)CSc1nncn1-c1ccccc1F)C1CCCCC1. The second kappa shape index (κ2) is 7.79. The third kappa shape index (κ3) is 3.77. The van der Waals surface area contributed by atoms with E-state index in [0.29, 0.717) is 16.9 Å². The van der Waals surface area contributed by atoms with Gasteiger partial charge in [-0.05, 0) is 25.0 Å². The highest BCUT2D eigenvalue weighted by Crippen LogP contribution is 2.24. The molecule has 1 aliphatic carbocycles. The molecule has 1 heterocycles. The number of nitrogens with zero attached hydrogens (tertiary/aromatic N) is 4. The standard InChI is InChI=1S/C17H21FN4OS/c1-21(13-7-3-2-4-8-13)16(23)11-24-17-20-19-12-22(17)15-10-6-5-9-14(15)18/h5-6,9-10,12-13H,2-4,7-8,11H2,1H3. The smallest absolute Gasteiger partial charge is 0.233 e. The van der Waals surface area contributed by atoms with Gasteiger partial charge in [0, 0.05) is 13.1 Å². The molecule has 0 bridgehead atoms. The van der Waals surface area contributed by atoms with Gasteiger partial charge in [0.25, 0.3) is 0 Å². The summed E-state index contributed by atoms with van der Waals surface area (Å²) in [5, 5.41) is 8.39. The molecule has 24 heavy (non-hydrogen) atoms. The van der Waals surface area contributed by atoms with Gasteiger partial charge >= 0.3 is 0 Å². The Kier molecular flexibility index (Phi) is 5.50. The van der Waals surface area contributed by atoms with Gasteiger partial charge in [0.15, 0.2) is 5.16 Å². The summed E-state index contributed by atoms with van der Waals surface area (Å²) in [6.45, 7) is 0. The van der Waals surface area contributed by atoms with Crippen LogP contribution in [0.5, 0.6) is 0 Å². The molecule has 0 saturated heterocycles. The van der Waals surface area contributed by atoms with Crippen molar-refractivity contribution in [3.8, 4) is 5.69 Å². The number of hydrogen-bond donors (Lipinski definition) is 0. The summed E-state index contributed by atoms with van der Waals surface area (Å²) in [6, 6.07) is 6.80. The number of hydrogen-bond acceptors (Lipinski definition) is 4. The van der Waals surface area contributed by atoms with E-state index in [9.17, 15) is 9.18 Å². The van der Waals surface area contributed by atoms with Crippen LogP contribution in [-0.4, -0.2) is 44.4 Å². The zero-order chi connectivity index (χ0) is 16.9. The van der Waals surface area contributed by atoms with Crippen molar-refractivity contribution in [2.45, 2.75) is 43.3 Å². The molecular formula is C17H21FN4OS. The summed E-state index contributed by atoms with van der Waals surface area (Å²) in [6.07, 6.45) is 7.28. The fourth-order valence-electron chi connectivity index (χ4n) is 3.04. The number of aromatic nitrogens is 3. The van der Waals surface area contributed by atoms with Gasteiger partial charge in [-0.3, -0.25) is 9.36 Å². The summed E-state index contributed by atoms with van der Waals surface area (Å²) >= 11 is 1.29. The Morgan fingerprint density at radius 3 is 2.83 bits per heavy atom. The van der Waals surface area contributed by atoms with Crippen molar-refractivity contribution in [2.24, 2.45) is 0 Å². The van der Waals surface area contributed by atoms with Crippen LogP contribution in [0.1, 0.15) is 32.1 Å². The van der Waals surface area contributed by atoms with Gasteiger partial charge < -0.3 is 4.90 Å². The van der Waals surface area contributed by atoms with Crippen molar-refractivity contribution >= 4 is 17.7 Å². The second-order valence-electron chi connectivity index (χ2n) is 6.02. The lowest BCUT2D eigenvalue weighted by molar-refractivity contribution is -0.129. The van der Waals surface area contributed by atoms with E-state index in [2.05, 4.69) is 10.2 Å². The van der Waals surface area contributed by atoms with Gasteiger partial charge in [0.1, 0.15) is 12.1 Å². The highest BCUT2D eigenvalue weighted by Gasteiger charge is 2.22. The van der Waals surface area contributed by atoms with Crippen LogP contribution in [0.3, 0.4) is 0 Å². The second-order valence-corrected chi connectivity index (χ2v) is 6.96. The lowest BCUT2D eigenvalue weighted by atomic mass is 9.94. The molecule has 1 saturated carbocycles. The summed E-state index contributed by atoms with van der Waals surface area (Å²) in [5.74, 6) is 0.0138. The Morgan fingerprint density at radius 2 is 2.08 bits per heavy atom. The number of benzene rings is 1. The minimum absolute atomic E-state index is 0.0787. The van der Waals surface area contributed by atoms with Crippen LogP contribution in [0.15, 0.2) is 35.7 Å². The van der Waals surface area contributed by atoms with Gasteiger partial charge in [-0.2, -0.15) is 0 Å². The van der Waals surface area contributed by atoms with Gasteiger partial charge in [0.05, 0.1) is 11.4 Å². The lowest BCUT2D eigenvalue weighted by Gasteiger charge is -2.31. The van der Waals surface area contributed by atoms with E-state index in [1.54, 1.807) is 22.8 Å². The average Bonchev–Trinajstić information content (AvgIpc) is 3.08. The van der Waals surface area contributed by atoms with E-state index in [0.717, 1.165) is 12.8 Å². The number of para-hydroxylation sites is 1. The zero-order valence-electron chi connectivity index (χ0n) is 13.7. The number of halogens is 1. The molecule has 128 valence electrons. The Balaban J connectivity index is 1.64. The quantitative estimate of drug-likeness (QED) is 0.778. The van der Waals surface area contributed by atoms with E-state index in [1.165, 1.54) is 43.4 Å². The largest absolute Gasteiger partial charge is 0.342 e. The first-order valence-corrected chi connectivity index (χ1v) is 9.19. The molecule has 1 fully saturated rings. The Hall–Kier alpha value is -1.89. The van der Waals surface area contributed by atoms with E-state index >= 15 is 0 Å². The van der Waals surface area contributed by atoms with E-state index in [1.807, 2.05) is 11.9 Å². The monoisotopic (exact) mass is 348 g/mol. The lowest BCUT2D eigenvalue weighted by Crippen LogP contribution is -2.39. The van der Waals surface area contributed by atoms with Crippen molar-refractivity contribution in [1.82, 2.24) is 19.7 Å². The highest BCUT2D eigenvalue weighted by atomic mass is 32.2. The van der Waals surface area contributed by atoms with E-state index < -0.39 is 0 Å². The van der Waals surface area contributed by atoms with Crippen LogP contribution in [-0.2, 0) is 4.79 Å². The number of carbonyl (C=O) groups excluding carboxylic acids is 1. The highest BCUT2D eigenvalue weighted by molar-refractivity contribution is 7.99. The first-order valence-electron chi connectivity index (χ1n) is 8.20. The summed E-state index contributed by atoms with van der Waals surface area (Å²) in [4.78, 5) is 14.3. The molecule has 7 heteroatoms. The minimum atomic E-state index is -0.343. The predicted molar refractivity (Wildman–Crippen MR) is 91.7 cm³/mol. The minimum Gasteiger partial charge on any atom is -0.342 e. The van der Waals surface area contributed by atoms with E-state index in [4.69, 9.17) is 0 Å². The topological polar surface area (TPSA) is 51.0 Å². The van der Waals surface area contributed by atoms with Crippen LogP contribution < -0.4 is 0 Å². The molecule has 1 aromatic carbocycles. The Labute approximate surface area is 145 Å². The molecule has 0 spiro atoms. The van der Waals surface area contributed by atoms with Crippen molar-refractivity contribution in [3.05, 3.63) is 36.4 Å². The van der Waals surface area contributed by atoms with Crippen LogP contribution in [0, 0.1) is 5.82 Å². The maximum Gasteiger partial charge on any atom is 0.233 e. The number of amides is 1. The van der Waals surface area contributed by atoms with Crippen LogP contribution >= 0.6 is 11.8 Å². The van der Waals surface area contributed by atoms with Crippen molar-refractivity contribution in [2.75, 3.05) is 12.8 Å². The summed E-state index contributed by atoms with van der Waals surface area (Å²) in [5.41, 5.74) is 0.387. The molecule has 2 aromatic rings. The van der Waals surface area contributed by atoms with E-state index in [-0.39, 0.29) is 17.5 Å². The third-order valence-corrected chi connectivity index (χ3v) is 5.40. The number of thioether (sulfide) groups is 1. The van der Waals surface area contributed by atoms with Crippen molar-refractivity contribution < 1.29 is 9.18 Å². The third-order valence-electron chi connectivity index (χ3n) is 4.47. The molecule has 1 amide bonds. The number of rotatable bonds is 5. The molecule has 3 rings (SSSR count). The molecule has 1 aromatic heterocycles. The van der Waals surface area contributed by atoms with Crippen LogP contribution in [0.2, 0.25) is 0 Å². The normalized spacial score (nSPS) is 15.4. The Morgan fingerprint density at radius 1 is 1.33 bits per heavy atom.